The van der Waals surface area contributed by atoms with E-state index in [2.05, 4.69) is 11.9 Å². The minimum atomic E-state index is 0.966. The zero-order chi connectivity index (χ0) is 6.97. The summed E-state index contributed by atoms with van der Waals surface area (Å²) < 4.78 is 0. The molecule has 2 rings (SSSR count). The maximum absolute atomic E-state index is 4.00. The highest BCUT2D eigenvalue weighted by molar-refractivity contribution is 4.84. The summed E-state index contributed by atoms with van der Waals surface area (Å²) in [6.45, 7) is 5.06. The standard InChI is InChI=1S/C8H16N2/c1-9-4-6-10(7-5-9)8-2-3-8/h8-9H,1-7H2. The van der Waals surface area contributed by atoms with Crippen LogP contribution in [0.3, 0.4) is 0 Å². The normalized spacial score (nSPS) is 30.9. The van der Waals surface area contributed by atoms with Crippen LogP contribution in [0.4, 0.5) is 0 Å². The predicted molar refractivity (Wildman–Crippen MR) is 40.6 cm³/mol. The number of nitrogens with one attached hydrogen (secondary N) is 1. The van der Waals surface area contributed by atoms with Crippen LogP contribution in [-0.2, 0) is 0 Å². The topological polar surface area (TPSA) is 7.68 Å². The molecule has 2 aliphatic rings. The van der Waals surface area contributed by atoms with Crippen LogP contribution in [0.5, 0.6) is 0 Å². The van der Waals surface area contributed by atoms with Gasteiger partial charge in [-0.1, -0.05) is 0 Å². The van der Waals surface area contributed by atoms with E-state index < -0.39 is 0 Å². The molecule has 2 fully saturated rings. The minimum absolute atomic E-state index is 0.966. The third-order valence-electron chi connectivity index (χ3n) is 2.57. The molecule has 0 aromatic heterocycles. The van der Waals surface area contributed by atoms with Crippen LogP contribution in [-0.4, -0.2) is 37.1 Å². The summed E-state index contributed by atoms with van der Waals surface area (Å²) >= 11 is 0. The summed E-state index contributed by atoms with van der Waals surface area (Å²) in [5, 5.41) is 0. The zero-order valence-electron chi connectivity index (χ0n) is 6.47. The van der Waals surface area contributed by atoms with E-state index in [4.69, 9.17) is 0 Å². The molecule has 58 valence electrons. The van der Waals surface area contributed by atoms with Gasteiger partial charge in [-0.2, -0.15) is 7.05 Å². The number of piperazine rings is 1. The third kappa shape index (κ3) is 1.32. The second-order valence-corrected chi connectivity index (χ2v) is 3.52. The largest absolute Gasteiger partial charge is 0.466 e. The summed E-state index contributed by atoms with van der Waals surface area (Å²) in [6, 6.07) is 0.966. The lowest BCUT2D eigenvalue weighted by Gasteiger charge is -2.33. The van der Waals surface area contributed by atoms with Crippen molar-refractivity contribution in [2.45, 2.75) is 18.9 Å². The third-order valence-corrected chi connectivity index (χ3v) is 2.57. The zero-order valence-corrected chi connectivity index (χ0v) is 6.47. The SMILES string of the molecule is [CH2-][NH+]1CCN(C2CC2)CC1. The molecule has 1 aliphatic carbocycles. The van der Waals surface area contributed by atoms with Crippen molar-refractivity contribution in [1.29, 1.82) is 0 Å². The summed E-state index contributed by atoms with van der Waals surface area (Å²) in [5.74, 6) is 0. The lowest BCUT2D eigenvalue weighted by atomic mass is 10.3. The average molecular weight is 140 g/mol. The van der Waals surface area contributed by atoms with Gasteiger partial charge in [0.05, 0.1) is 13.1 Å². The first-order valence-electron chi connectivity index (χ1n) is 4.27. The van der Waals surface area contributed by atoms with Crippen molar-refractivity contribution in [1.82, 2.24) is 4.90 Å². The lowest BCUT2D eigenvalue weighted by Crippen LogP contribution is -3.10. The maximum Gasteiger partial charge on any atom is 0.0660 e. The summed E-state index contributed by atoms with van der Waals surface area (Å²) in [6.07, 6.45) is 2.90. The molecule has 0 radical (unpaired) electrons. The smallest absolute Gasteiger partial charge is 0.0660 e. The van der Waals surface area contributed by atoms with Gasteiger partial charge in [0.15, 0.2) is 0 Å². The highest BCUT2D eigenvalue weighted by Gasteiger charge is 2.30. The van der Waals surface area contributed by atoms with Crippen LogP contribution in [0, 0.1) is 7.05 Å². The van der Waals surface area contributed by atoms with Crippen LogP contribution >= 0.6 is 0 Å². The van der Waals surface area contributed by atoms with Crippen molar-refractivity contribution < 1.29 is 4.90 Å². The molecule has 1 saturated heterocycles. The van der Waals surface area contributed by atoms with Crippen LogP contribution in [0.1, 0.15) is 12.8 Å². The highest BCUT2D eigenvalue weighted by atomic mass is 15.3. The Morgan fingerprint density at radius 1 is 1.20 bits per heavy atom. The summed E-state index contributed by atoms with van der Waals surface area (Å²) in [7, 11) is 4.00. The molecule has 0 bridgehead atoms. The van der Waals surface area contributed by atoms with Crippen LogP contribution < -0.4 is 4.90 Å². The Balaban J connectivity index is 1.79. The van der Waals surface area contributed by atoms with Crippen molar-refractivity contribution in [2.24, 2.45) is 0 Å². The number of hydrogen-bond donors (Lipinski definition) is 1. The first-order valence-corrected chi connectivity index (χ1v) is 4.27. The van der Waals surface area contributed by atoms with Gasteiger partial charge in [0, 0.05) is 19.1 Å². The van der Waals surface area contributed by atoms with E-state index in [-0.39, 0.29) is 0 Å². The number of quaternary nitrogens is 1. The van der Waals surface area contributed by atoms with E-state index >= 15 is 0 Å². The van der Waals surface area contributed by atoms with Crippen molar-refractivity contribution in [3.8, 4) is 0 Å². The molecular formula is C8H16N2. The molecule has 0 aromatic rings. The Morgan fingerprint density at radius 2 is 1.80 bits per heavy atom. The van der Waals surface area contributed by atoms with Crippen molar-refractivity contribution in [3.05, 3.63) is 7.05 Å². The molecular weight excluding hydrogens is 124 g/mol. The van der Waals surface area contributed by atoms with Crippen molar-refractivity contribution in [2.75, 3.05) is 26.2 Å². The van der Waals surface area contributed by atoms with Crippen molar-refractivity contribution >= 4 is 0 Å². The quantitative estimate of drug-likeness (QED) is 0.466. The fourth-order valence-corrected chi connectivity index (χ4v) is 1.65. The molecule has 1 heterocycles. The van der Waals surface area contributed by atoms with Crippen LogP contribution in [0.2, 0.25) is 0 Å². The molecule has 0 unspecified atom stereocenters. The fraction of sp³-hybridized carbons (Fsp3) is 0.875. The molecule has 0 spiro atoms. The minimum Gasteiger partial charge on any atom is -0.466 e. The van der Waals surface area contributed by atoms with Crippen molar-refractivity contribution in [3.63, 3.8) is 0 Å². The van der Waals surface area contributed by atoms with Gasteiger partial charge in [-0.25, -0.2) is 0 Å². The Labute approximate surface area is 62.8 Å². The van der Waals surface area contributed by atoms with E-state index in [1.165, 1.54) is 43.9 Å². The van der Waals surface area contributed by atoms with E-state index in [9.17, 15) is 0 Å². The molecule has 1 aliphatic heterocycles. The second-order valence-electron chi connectivity index (χ2n) is 3.52. The Bertz CT molecular complexity index is 112. The molecule has 1 saturated carbocycles. The monoisotopic (exact) mass is 140 g/mol. The van der Waals surface area contributed by atoms with E-state index in [0.717, 1.165) is 6.04 Å². The Morgan fingerprint density at radius 3 is 2.30 bits per heavy atom. The van der Waals surface area contributed by atoms with E-state index in [1.54, 1.807) is 0 Å². The lowest BCUT2D eigenvalue weighted by molar-refractivity contribution is -0.858. The van der Waals surface area contributed by atoms with Gasteiger partial charge in [0.2, 0.25) is 0 Å². The average Bonchev–Trinajstić information content (AvgIpc) is 2.71. The number of hydrogen-bond acceptors (Lipinski definition) is 1. The van der Waals surface area contributed by atoms with Gasteiger partial charge < -0.3 is 4.90 Å². The van der Waals surface area contributed by atoms with E-state index in [1.807, 2.05) is 0 Å². The van der Waals surface area contributed by atoms with E-state index in [0.29, 0.717) is 0 Å². The summed E-state index contributed by atoms with van der Waals surface area (Å²) in [4.78, 5) is 4.08. The molecule has 0 amide bonds. The first-order chi connectivity index (χ1) is 4.86. The molecule has 10 heavy (non-hydrogen) atoms. The van der Waals surface area contributed by atoms with Gasteiger partial charge in [-0.3, -0.25) is 4.90 Å². The predicted octanol–water partition coefficient (Wildman–Crippen LogP) is -0.859. The van der Waals surface area contributed by atoms with Gasteiger partial charge in [0.1, 0.15) is 0 Å². The molecule has 0 aromatic carbocycles. The molecule has 1 N–H and O–H groups in total. The van der Waals surface area contributed by atoms with Gasteiger partial charge >= 0.3 is 0 Å². The Kier molecular flexibility index (Phi) is 1.66. The number of rotatable bonds is 1. The van der Waals surface area contributed by atoms with Gasteiger partial charge in [-0.05, 0) is 12.8 Å². The fourth-order valence-electron chi connectivity index (χ4n) is 1.65. The van der Waals surface area contributed by atoms with Gasteiger partial charge in [-0.15, -0.1) is 0 Å². The van der Waals surface area contributed by atoms with Crippen LogP contribution in [0.15, 0.2) is 0 Å². The number of nitrogens with zero attached hydrogens (tertiary/aromatic N) is 1. The molecule has 0 atom stereocenters. The highest BCUT2D eigenvalue weighted by Crippen LogP contribution is 2.25. The second kappa shape index (κ2) is 2.51. The molecule has 2 heteroatoms. The van der Waals surface area contributed by atoms with Gasteiger partial charge in [0.25, 0.3) is 0 Å². The Hall–Kier alpha value is -0.0800. The van der Waals surface area contributed by atoms with Crippen LogP contribution in [0.25, 0.3) is 0 Å². The molecule has 2 nitrogen and oxygen atoms in total. The maximum atomic E-state index is 4.00. The summed E-state index contributed by atoms with van der Waals surface area (Å²) in [5.41, 5.74) is 0. The first kappa shape index (κ1) is 6.62.